The van der Waals surface area contributed by atoms with Gasteiger partial charge in [-0.25, -0.2) is 0 Å². The molecule has 2 fully saturated rings. The molecule has 0 N–H and O–H groups in total. The predicted octanol–water partition coefficient (Wildman–Crippen LogP) is 9.93. The van der Waals surface area contributed by atoms with Crippen molar-refractivity contribution in [1.29, 1.82) is 0 Å². The smallest absolute Gasteiger partial charge is 0.0101 e. The molecule has 0 amide bonds. The molecular formula is C32H48. The number of hydrogen-bond acceptors (Lipinski definition) is 0. The molecule has 176 valence electrons. The minimum atomic E-state index is 0.339. The molecule has 0 saturated heterocycles. The molecule has 4 rings (SSSR count). The van der Waals surface area contributed by atoms with Gasteiger partial charge in [-0.2, -0.15) is 0 Å². The zero-order valence-electron chi connectivity index (χ0n) is 21.8. The minimum Gasteiger partial charge on any atom is -0.100 e. The predicted molar refractivity (Wildman–Crippen MR) is 143 cm³/mol. The highest BCUT2D eigenvalue weighted by Gasteiger charge is 2.55. The largest absolute Gasteiger partial charge is 0.100 e. The summed E-state index contributed by atoms with van der Waals surface area (Å²) in [6.45, 7) is 27.7. The molecule has 0 aromatic heterocycles. The summed E-state index contributed by atoms with van der Waals surface area (Å²) in [5.74, 6) is 2.46. The molecule has 4 aliphatic rings. The Bertz CT molecular complexity index is 831. The van der Waals surface area contributed by atoms with E-state index in [4.69, 9.17) is 0 Å². The fourth-order valence-electron chi connectivity index (χ4n) is 7.29. The molecule has 0 spiro atoms. The van der Waals surface area contributed by atoms with Crippen LogP contribution < -0.4 is 0 Å². The second kappa shape index (κ2) is 9.74. The van der Waals surface area contributed by atoms with Crippen LogP contribution in [0.3, 0.4) is 0 Å². The highest BCUT2D eigenvalue weighted by atomic mass is 14.6. The SMILES string of the molecule is C=C(C)CCC(=C)C.C=C1C=C2CCC3C(=CCC4(C)C3CC[C@@H]4C(=C)CC)[C@@]2(C)CC1. The van der Waals surface area contributed by atoms with E-state index in [1.165, 1.54) is 67.2 Å². The summed E-state index contributed by atoms with van der Waals surface area (Å²) in [6, 6.07) is 0. The van der Waals surface area contributed by atoms with Gasteiger partial charge in [0.25, 0.3) is 0 Å². The molecule has 2 saturated carbocycles. The van der Waals surface area contributed by atoms with E-state index < -0.39 is 0 Å². The lowest BCUT2D eigenvalue weighted by atomic mass is 9.51. The van der Waals surface area contributed by atoms with Crippen LogP contribution in [0.2, 0.25) is 0 Å². The first-order valence-corrected chi connectivity index (χ1v) is 13.1. The first kappa shape index (κ1) is 25.1. The van der Waals surface area contributed by atoms with E-state index in [2.05, 4.69) is 59.2 Å². The van der Waals surface area contributed by atoms with Gasteiger partial charge in [0.15, 0.2) is 0 Å². The molecular weight excluding hydrogens is 384 g/mol. The molecule has 0 heterocycles. The molecule has 0 aromatic rings. The number of rotatable bonds is 5. The summed E-state index contributed by atoms with van der Waals surface area (Å²) in [5, 5.41) is 0. The van der Waals surface area contributed by atoms with E-state index >= 15 is 0 Å². The monoisotopic (exact) mass is 432 g/mol. The fourth-order valence-corrected chi connectivity index (χ4v) is 7.29. The van der Waals surface area contributed by atoms with E-state index in [-0.39, 0.29) is 0 Å². The van der Waals surface area contributed by atoms with E-state index in [1.54, 1.807) is 11.1 Å². The summed E-state index contributed by atoms with van der Waals surface area (Å²) in [7, 11) is 0. The summed E-state index contributed by atoms with van der Waals surface area (Å²) in [4.78, 5) is 0. The Labute approximate surface area is 199 Å². The molecule has 32 heavy (non-hydrogen) atoms. The van der Waals surface area contributed by atoms with E-state index in [1.807, 2.05) is 13.8 Å². The summed E-state index contributed by atoms with van der Waals surface area (Å²) >= 11 is 0. The van der Waals surface area contributed by atoms with Gasteiger partial charge < -0.3 is 0 Å². The van der Waals surface area contributed by atoms with E-state index in [9.17, 15) is 0 Å². The van der Waals surface area contributed by atoms with Crippen molar-refractivity contribution < 1.29 is 0 Å². The molecule has 4 aliphatic carbocycles. The molecule has 3 unspecified atom stereocenters. The van der Waals surface area contributed by atoms with Gasteiger partial charge in [0.2, 0.25) is 0 Å². The Hall–Kier alpha value is -1.56. The van der Waals surface area contributed by atoms with Crippen LogP contribution >= 0.6 is 0 Å². The number of hydrogen-bond donors (Lipinski definition) is 0. The van der Waals surface area contributed by atoms with Gasteiger partial charge in [-0.3, -0.25) is 0 Å². The molecule has 0 aliphatic heterocycles. The third kappa shape index (κ3) is 4.71. The molecule has 5 atom stereocenters. The van der Waals surface area contributed by atoms with Crippen molar-refractivity contribution in [3.05, 3.63) is 71.9 Å². The van der Waals surface area contributed by atoms with Gasteiger partial charge in [0, 0.05) is 5.41 Å². The maximum absolute atomic E-state index is 4.44. The Balaban J connectivity index is 0.000000312. The van der Waals surface area contributed by atoms with Gasteiger partial charge in [0.1, 0.15) is 0 Å². The van der Waals surface area contributed by atoms with Crippen LogP contribution in [0.15, 0.2) is 71.9 Å². The van der Waals surface area contributed by atoms with Crippen molar-refractivity contribution in [1.82, 2.24) is 0 Å². The van der Waals surface area contributed by atoms with Crippen molar-refractivity contribution in [2.75, 3.05) is 0 Å². The Morgan fingerprint density at radius 3 is 2.25 bits per heavy atom. The Morgan fingerprint density at radius 1 is 1.00 bits per heavy atom. The third-order valence-corrected chi connectivity index (χ3v) is 9.38. The third-order valence-electron chi connectivity index (χ3n) is 9.38. The zero-order chi connectivity index (χ0) is 23.7. The number of fused-ring (bicyclic) bond motifs is 5. The van der Waals surface area contributed by atoms with Crippen molar-refractivity contribution in [3.8, 4) is 0 Å². The Kier molecular flexibility index (Phi) is 7.63. The average molecular weight is 433 g/mol. The molecule has 0 nitrogen and oxygen atoms in total. The normalized spacial score (nSPS) is 35.3. The highest BCUT2D eigenvalue weighted by molar-refractivity contribution is 5.43. The van der Waals surface area contributed by atoms with Gasteiger partial charge in [-0.1, -0.05) is 79.5 Å². The van der Waals surface area contributed by atoms with Crippen molar-refractivity contribution in [2.45, 2.75) is 98.8 Å². The highest BCUT2D eigenvalue weighted by Crippen LogP contribution is 2.65. The maximum Gasteiger partial charge on any atom is 0.0101 e. The second-order valence-corrected chi connectivity index (χ2v) is 11.8. The quantitative estimate of drug-likeness (QED) is 0.379. The lowest BCUT2D eigenvalue weighted by Crippen LogP contribution is -2.44. The lowest BCUT2D eigenvalue weighted by Gasteiger charge is -2.54. The summed E-state index contributed by atoms with van der Waals surface area (Å²) in [5.41, 5.74) is 9.63. The van der Waals surface area contributed by atoms with Crippen LogP contribution in [0, 0.1) is 28.6 Å². The van der Waals surface area contributed by atoms with E-state index in [0.29, 0.717) is 10.8 Å². The van der Waals surface area contributed by atoms with Crippen LogP contribution in [0.5, 0.6) is 0 Å². The fraction of sp³-hybridized carbons (Fsp3) is 0.625. The van der Waals surface area contributed by atoms with Crippen LogP contribution in [0.4, 0.5) is 0 Å². The van der Waals surface area contributed by atoms with Gasteiger partial charge in [-0.05, 0) is 101 Å². The molecule has 0 bridgehead atoms. The van der Waals surface area contributed by atoms with E-state index in [0.717, 1.165) is 37.0 Å². The van der Waals surface area contributed by atoms with Crippen LogP contribution in [-0.4, -0.2) is 0 Å². The van der Waals surface area contributed by atoms with Crippen molar-refractivity contribution in [3.63, 3.8) is 0 Å². The topological polar surface area (TPSA) is 0 Å². The van der Waals surface area contributed by atoms with Crippen LogP contribution in [-0.2, 0) is 0 Å². The minimum absolute atomic E-state index is 0.339. The summed E-state index contributed by atoms with van der Waals surface area (Å²) in [6.07, 6.45) is 17.7. The molecule has 0 aromatic carbocycles. The van der Waals surface area contributed by atoms with Gasteiger partial charge in [-0.15, -0.1) is 13.2 Å². The maximum atomic E-state index is 4.44. The first-order valence-electron chi connectivity index (χ1n) is 13.1. The lowest BCUT2D eigenvalue weighted by molar-refractivity contribution is 0.0963. The Morgan fingerprint density at radius 2 is 1.66 bits per heavy atom. The standard InChI is InChI=1S/C24H34.C8H14/c1-6-17(3)20-9-10-21-19-8-7-18-15-16(2)11-13-23(18,4)22(19)12-14-24(20,21)5;1-7(2)5-6-8(3)4/h12,15,19-21H,2-3,6-11,13-14H2,1,4-5H3;1,3,5-6H2,2,4H3/t19?,20-,21?,23+,24?;/m1./s1. The molecule has 0 heteroatoms. The van der Waals surface area contributed by atoms with Crippen LogP contribution in [0.25, 0.3) is 0 Å². The zero-order valence-corrected chi connectivity index (χ0v) is 21.8. The van der Waals surface area contributed by atoms with Crippen molar-refractivity contribution >= 4 is 0 Å². The molecule has 0 radical (unpaired) electrons. The number of allylic oxidation sites excluding steroid dienone is 8. The van der Waals surface area contributed by atoms with Crippen molar-refractivity contribution in [2.24, 2.45) is 28.6 Å². The average Bonchev–Trinajstić information content (AvgIpc) is 3.10. The van der Waals surface area contributed by atoms with Gasteiger partial charge in [0.05, 0.1) is 0 Å². The first-order chi connectivity index (χ1) is 15.0. The summed E-state index contributed by atoms with van der Waals surface area (Å²) < 4.78 is 0. The van der Waals surface area contributed by atoms with Crippen LogP contribution in [0.1, 0.15) is 98.8 Å². The van der Waals surface area contributed by atoms with Gasteiger partial charge >= 0.3 is 0 Å². The second-order valence-electron chi connectivity index (χ2n) is 11.8.